The minimum absolute atomic E-state index is 0.132. The van der Waals surface area contributed by atoms with E-state index in [4.69, 9.17) is 0 Å². The van der Waals surface area contributed by atoms with Crippen LogP contribution in [0, 0.1) is 0 Å². The Hall–Kier alpha value is -0.820. The molecule has 0 bridgehead atoms. The first kappa shape index (κ1) is 14.6. The average Bonchev–Trinajstić information content (AvgIpc) is 3.07. The van der Waals surface area contributed by atoms with E-state index < -0.39 is 9.84 Å². The lowest BCUT2D eigenvalue weighted by Crippen LogP contribution is -2.45. The zero-order valence-electron chi connectivity index (χ0n) is 11.7. The first-order valence-corrected chi connectivity index (χ1v) is 8.93. The van der Waals surface area contributed by atoms with Crippen molar-refractivity contribution in [3.05, 3.63) is 0 Å². The quantitative estimate of drug-likeness (QED) is 0.524. The van der Waals surface area contributed by atoms with E-state index in [1.54, 1.807) is 7.05 Å². The van der Waals surface area contributed by atoms with Gasteiger partial charge in [0.2, 0.25) is 0 Å². The highest BCUT2D eigenvalue weighted by Crippen LogP contribution is 2.29. The fraction of sp³-hybridized carbons (Fsp3) is 0.917. The summed E-state index contributed by atoms with van der Waals surface area (Å²) < 4.78 is 22.1. The van der Waals surface area contributed by atoms with Gasteiger partial charge in [-0.3, -0.25) is 9.89 Å². The van der Waals surface area contributed by atoms with Crippen LogP contribution in [0.5, 0.6) is 0 Å². The van der Waals surface area contributed by atoms with Crippen molar-refractivity contribution >= 4 is 15.8 Å². The summed E-state index contributed by atoms with van der Waals surface area (Å²) in [6.07, 6.45) is 5.06. The van der Waals surface area contributed by atoms with Crippen molar-refractivity contribution in [3.63, 3.8) is 0 Å². The van der Waals surface area contributed by atoms with Gasteiger partial charge in [0.25, 0.3) is 0 Å². The molecule has 6 nitrogen and oxygen atoms in total. The third-order valence-electron chi connectivity index (χ3n) is 3.61. The van der Waals surface area contributed by atoms with Gasteiger partial charge in [-0.25, -0.2) is 8.42 Å². The summed E-state index contributed by atoms with van der Waals surface area (Å²) in [5.74, 6) is 0.832. The Morgan fingerprint density at radius 1 is 1.37 bits per heavy atom. The Labute approximate surface area is 115 Å². The van der Waals surface area contributed by atoms with Crippen LogP contribution in [0.1, 0.15) is 19.3 Å². The van der Waals surface area contributed by atoms with E-state index in [2.05, 4.69) is 20.5 Å². The van der Waals surface area contributed by atoms with Gasteiger partial charge >= 0.3 is 0 Å². The van der Waals surface area contributed by atoms with Crippen LogP contribution in [0.3, 0.4) is 0 Å². The Balaban J connectivity index is 1.70. The predicted molar refractivity (Wildman–Crippen MR) is 77.2 cm³/mol. The second-order valence-electron chi connectivity index (χ2n) is 5.48. The van der Waals surface area contributed by atoms with Crippen LogP contribution >= 0.6 is 0 Å². The van der Waals surface area contributed by atoms with Gasteiger partial charge in [-0.2, -0.15) is 0 Å². The third-order valence-corrected chi connectivity index (χ3v) is 4.56. The number of nitrogens with one attached hydrogen (secondary N) is 2. The molecule has 0 amide bonds. The molecule has 1 saturated carbocycles. The molecule has 2 rings (SSSR count). The molecule has 0 aromatic rings. The summed E-state index contributed by atoms with van der Waals surface area (Å²) in [6.45, 7) is 2.62. The molecule has 2 fully saturated rings. The fourth-order valence-electron chi connectivity index (χ4n) is 2.42. The molecule has 1 unspecified atom stereocenters. The summed E-state index contributed by atoms with van der Waals surface area (Å²) in [4.78, 5) is 6.67. The molecule has 0 spiro atoms. The molecule has 7 heteroatoms. The number of hydrogen-bond donors (Lipinski definition) is 2. The number of nitrogens with zero attached hydrogens (tertiary/aromatic N) is 2. The molecule has 110 valence electrons. The van der Waals surface area contributed by atoms with Crippen LogP contribution in [0.25, 0.3) is 0 Å². The van der Waals surface area contributed by atoms with E-state index in [0.29, 0.717) is 18.5 Å². The number of sulfone groups is 1. The van der Waals surface area contributed by atoms with Gasteiger partial charge < -0.3 is 10.6 Å². The molecule has 0 radical (unpaired) electrons. The maximum atomic E-state index is 11.1. The normalized spacial score (nSPS) is 25.6. The van der Waals surface area contributed by atoms with Crippen LogP contribution in [-0.2, 0) is 9.84 Å². The Bertz CT molecular complexity index is 431. The van der Waals surface area contributed by atoms with Crippen LogP contribution in [-0.4, -0.2) is 70.1 Å². The second kappa shape index (κ2) is 6.09. The molecule has 1 saturated heterocycles. The molecule has 0 aromatic heterocycles. The Morgan fingerprint density at radius 2 is 2.11 bits per heavy atom. The van der Waals surface area contributed by atoms with E-state index in [1.807, 2.05) is 0 Å². The zero-order chi connectivity index (χ0) is 13.9. The maximum absolute atomic E-state index is 11.1. The summed E-state index contributed by atoms with van der Waals surface area (Å²) in [5.41, 5.74) is 0. The minimum Gasteiger partial charge on any atom is -0.355 e. The van der Waals surface area contributed by atoms with Gasteiger partial charge in [-0.05, 0) is 19.3 Å². The minimum atomic E-state index is -2.92. The number of guanidine groups is 1. The largest absolute Gasteiger partial charge is 0.355 e. The SMILES string of the molecule is CN=C(NCCS(C)(=O)=O)NC1CCN(C2CC2)C1. The van der Waals surface area contributed by atoms with Gasteiger partial charge in [-0.15, -0.1) is 0 Å². The molecular formula is C12H24N4O2S. The molecular weight excluding hydrogens is 264 g/mol. The molecule has 2 aliphatic rings. The third kappa shape index (κ3) is 4.99. The van der Waals surface area contributed by atoms with Crippen LogP contribution in [0.15, 0.2) is 4.99 Å². The summed E-state index contributed by atoms with van der Waals surface area (Å²) in [6, 6.07) is 1.23. The lowest BCUT2D eigenvalue weighted by Gasteiger charge is -2.18. The number of hydrogen-bond acceptors (Lipinski definition) is 4. The van der Waals surface area contributed by atoms with Crippen LogP contribution in [0.2, 0.25) is 0 Å². The highest BCUT2D eigenvalue weighted by atomic mass is 32.2. The lowest BCUT2D eigenvalue weighted by molar-refractivity contribution is 0.321. The lowest BCUT2D eigenvalue weighted by atomic mass is 10.3. The van der Waals surface area contributed by atoms with Gasteiger partial charge in [0, 0.05) is 45.0 Å². The van der Waals surface area contributed by atoms with Gasteiger partial charge in [0.1, 0.15) is 9.84 Å². The highest BCUT2D eigenvalue weighted by Gasteiger charge is 2.34. The standard InChI is InChI=1S/C12H24N4O2S/c1-13-12(14-6-8-19(2,17)18)15-10-5-7-16(9-10)11-3-4-11/h10-11H,3-9H2,1-2H3,(H2,13,14,15). The zero-order valence-corrected chi connectivity index (χ0v) is 12.5. The monoisotopic (exact) mass is 288 g/mol. The van der Waals surface area contributed by atoms with Gasteiger partial charge in [-0.1, -0.05) is 0 Å². The van der Waals surface area contributed by atoms with Crippen molar-refractivity contribution in [1.82, 2.24) is 15.5 Å². The molecule has 19 heavy (non-hydrogen) atoms. The average molecular weight is 288 g/mol. The Kier molecular flexibility index (Phi) is 4.67. The number of aliphatic imine (C=N–C) groups is 1. The highest BCUT2D eigenvalue weighted by molar-refractivity contribution is 7.90. The smallest absolute Gasteiger partial charge is 0.191 e. The van der Waals surface area contributed by atoms with E-state index in [-0.39, 0.29) is 5.75 Å². The van der Waals surface area contributed by atoms with Gasteiger partial charge in [0.15, 0.2) is 5.96 Å². The summed E-state index contributed by atoms with van der Waals surface area (Å²) >= 11 is 0. The van der Waals surface area contributed by atoms with E-state index in [1.165, 1.54) is 19.1 Å². The molecule has 1 aliphatic carbocycles. The molecule has 1 aliphatic heterocycles. The van der Waals surface area contributed by atoms with E-state index in [0.717, 1.165) is 25.6 Å². The molecule has 1 atom stereocenters. The topological polar surface area (TPSA) is 73.8 Å². The first-order valence-electron chi connectivity index (χ1n) is 6.87. The van der Waals surface area contributed by atoms with Gasteiger partial charge in [0.05, 0.1) is 5.75 Å². The number of likely N-dealkylation sites (tertiary alicyclic amines) is 1. The second-order valence-corrected chi connectivity index (χ2v) is 7.74. The molecule has 1 heterocycles. The Morgan fingerprint density at radius 3 is 2.68 bits per heavy atom. The van der Waals surface area contributed by atoms with Crippen LogP contribution < -0.4 is 10.6 Å². The van der Waals surface area contributed by atoms with Crippen LogP contribution in [0.4, 0.5) is 0 Å². The van der Waals surface area contributed by atoms with Crippen molar-refractivity contribution < 1.29 is 8.42 Å². The summed E-state index contributed by atoms with van der Waals surface area (Å²) in [5, 5.41) is 6.42. The van der Waals surface area contributed by atoms with Crippen molar-refractivity contribution in [3.8, 4) is 0 Å². The van der Waals surface area contributed by atoms with E-state index >= 15 is 0 Å². The number of rotatable bonds is 5. The van der Waals surface area contributed by atoms with Crippen molar-refractivity contribution in [2.24, 2.45) is 4.99 Å². The molecule has 0 aromatic carbocycles. The predicted octanol–water partition coefficient (Wildman–Crippen LogP) is -0.567. The first-order chi connectivity index (χ1) is 8.98. The summed E-state index contributed by atoms with van der Waals surface area (Å²) in [7, 11) is -1.21. The maximum Gasteiger partial charge on any atom is 0.191 e. The van der Waals surface area contributed by atoms with Crippen molar-refractivity contribution in [1.29, 1.82) is 0 Å². The van der Waals surface area contributed by atoms with Crippen molar-refractivity contribution in [2.45, 2.75) is 31.3 Å². The fourth-order valence-corrected chi connectivity index (χ4v) is 2.89. The molecule has 2 N–H and O–H groups in total. The van der Waals surface area contributed by atoms with E-state index in [9.17, 15) is 8.42 Å². The van der Waals surface area contributed by atoms with Crippen molar-refractivity contribution in [2.75, 3.05) is 38.7 Å².